The molecule has 1 aliphatic heterocycles. The molecule has 7 heteroatoms. The van der Waals surface area contributed by atoms with Crippen LogP contribution in [0.15, 0.2) is 0 Å². The van der Waals surface area contributed by atoms with Crippen LogP contribution in [0.2, 0.25) is 0 Å². The van der Waals surface area contributed by atoms with Crippen molar-refractivity contribution in [3.05, 3.63) is 0 Å². The number of hydrogen-bond acceptors (Lipinski definition) is 6. The molecule has 7 nitrogen and oxygen atoms in total. The Balaban J connectivity index is 2.27. The molecule has 246 valence electrons. The number of hydrogen-bond donors (Lipinski definition) is 0. The van der Waals surface area contributed by atoms with Gasteiger partial charge in [0.15, 0.2) is 0 Å². The summed E-state index contributed by atoms with van der Waals surface area (Å²) < 4.78 is 11.8. The maximum absolute atomic E-state index is 13.0. The van der Waals surface area contributed by atoms with Crippen molar-refractivity contribution in [1.82, 2.24) is 9.80 Å². The third-order valence-corrected chi connectivity index (χ3v) is 8.11. The highest BCUT2D eigenvalue weighted by Crippen LogP contribution is 2.24. The molecule has 1 saturated heterocycles. The minimum absolute atomic E-state index is 0.0748. The summed E-state index contributed by atoms with van der Waals surface area (Å²) >= 11 is 0. The van der Waals surface area contributed by atoms with E-state index in [9.17, 15) is 14.4 Å². The van der Waals surface area contributed by atoms with Crippen molar-refractivity contribution in [2.45, 2.75) is 176 Å². The predicted octanol–water partition coefficient (Wildman–Crippen LogP) is 7.38. The lowest BCUT2D eigenvalue weighted by atomic mass is 10.0. The Bertz CT molecular complexity index is 752. The van der Waals surface area contributed by atoms with Crippen LogP contribution in [0.4, 0.5) is 0 Å². The number of amides is 1. The summed E-state index contributed by atoms with van der Waals surface area (Å²) in [6.45, 7) is 18.7. The zero-order valence-electron chi connectivity index (χ0n) is 28.6. The van der Waals surface area contributed by atoms with E-state index in [-0.39, 0.29) is 47.9 Å². The van der Waals surface area contributed by atoms with Crippen LogP contribution in [0, 0.1) is 5.92 Å². The molecule has 1 aliphatic rings. The van der Waals surface area contributed by atoms with Gasteiger partial charge in [-0.25, -0.2) is 0 Å². The summed E-state index contributed by atoms with van der Waals surface area (Å²) in [5.41, 5.74) is 0. The molecule has 0 unspecified atom stereocenters. The molecule has 0 aliphatic carbocycles. The average molecular weight is 595 g/mol. The number of carbonyl (C=O) groups is 3. The fourth-order valence-corrected chi connectivity index (χ4v) is 5.66. The molecule has 2 atom stereocenters. The Hall–Kier alpha value is -1.31. The quantitative estimate of drug-likeness (QED) is 0.103. The minimum Gasteiger partial charge on any atom is -0.377 e. The van der Waals surface area contributed by atoms with Crippen LogP contribution in [0.25, 0.3) is 0 Å². The Labute approximate surface area is 258 Å². The standard InChI is InChI=1S/C35H66N2O5/c1-27(2)18-14-10-9-11-15-19-32(38)23-36(28(3)4)24-33(39)20-16-12-13-17-21-35(40)37-25-34(42-30(7)8)22-31(37)26-41-29(5)6/h27-31,34H,9-26H2,1-8H3/t31-,34+/m0/s1. The molecule has 0 aromatic rings. The van der Waals surface area contributed by atoms with E-state index in [1.165, 1.54) is 25.7 Å². The maximum Gasteiger partial charge on any atom is 0.222 e. The van der Waals surface area contributed by atoms with Gasteiger partial charge in [-0.15, -0.1) is 0 Å². The molecule has 0 radical (unpaired) electrons. The Kier molecular flexibility index (Phi) is 20.5. The Morgan fingerprint density at radius 3 is 1.74 bits per heavy atom. The molecule has 0 aromatic carbocycles. The van der Waals surface area contributed by atoms with Crippen LogP contribution in [-0.2, 0) is 23.9 Å². The fraction of sp³-hybridized carbons (Fsp3) is 0.914. The first-order valence-corrected chi connectivity index (χ1v) is 17.2. The second-order valence-electron chi connectivity index (χ2n) is 13.8. The van der Waals surface area contributed by atoms with E-state index in [4.69, 9.17) is 9.47 Å². The number of Topliss-reactive ketones (excluding diaryl/α,β-unsaturated/α-hetero) is 2. The van der Waals surface area contributed by atoms with Crippen molar-refractivity contribution in [2.75, 3.05) is 26.2 Å². The van der Waals surface area contributed by atoms with Crippen molar-refractivity contribution < 1.29 is 23.9 Å². The van der Waals surface area contributed by atoms with Crippen molar-refractivity contribution in [2.24, 2.45) is 5.92 Å². The molecular weight excluding hydrogens is 528 g/mol. The molecule has 0 saturated carbocycles. The van der Waals surface area contributed by atoms with E-state index in [1.807, 2.05) is 37.5 Å². The van der Waals surface area contributed by atoms with Gasteiger partial charge in [0, 0.05) is 31.8 Å². The third-order valence-electron chi connectivity index (χ3n) is 8.11. The molecule has 0 N–H and O–H groups in total. The van der Waals surface area contributed by atoms with Gasteiger partial charge in [0.1, 0.15) is 11.6 Å². The summed E-state index contributed by atoms with van der Waals surface area (Å²) in [7, 11) is 0. The van der Waals surface area contributed by atoms with Crippen LogP contribution in [0.5, 0.6) is 0 Å². The zero-order chi connectivity index (χ0) is 31.5. The van der Waals surface area contributed by atoms with Gasteiger partial charge in [0.2, 0.25) is 5.91 Å². The van der Waals surface area contributed by atoms with Crippen LogP contribution < -0.4 is 0 Å². The van der Waals surface area contributed by atoms with Gasteiger partial charge >= 0.3 is 0 Å². The first-order valence-electron chi connectivity index (χ1n) is 17.2. The second-order valence-corrected chi connectivity index (χ2v) is 13.8. The minimum atomic E-state index is 0.0748. The molecule has 1 fully saturated rings. The topological polar surface area (TPSA) is 76.2 Å². The van der Waals surface area contributed by atoms with Gasteiger partial charge in [0.05, 0.1) is 44.1 Å². The second kappa shape index (κ2) is 22.2. The van der Waals surface area contributed by atoms with E-state index in [0.29, 0.717) is 45.5 Å². The van der Waals surface area contributed by atoms with E-state index < -0.39 is 0 Å². The van der Waals surface area contributed by atoms with Crippen LogP contribution >= 0.6 is 0 Å². The van der Waals surface area contributed by atoms with Crippen LogP contribution in [0.1, 0.15) is 145 Å². The highest BCUT2D eigenvalue weighted by atomic mass is 16.5. The van der Waals surface area contributed by atoms with Crippen molar-refractivity contribution in [3.63, 3.8) is 0 Å². The monoisotopic (exact) mass is 594 g/mol. The highest BCUT2D eigenvalue weighted by molar-refractivity contribution is 5.83. The molecule has 0 spiro atoms. The lowest BCUT2D eigenvalue weighted by molar-refractivity contribution is -0.134. The van der Waals surface area contributed by atoms with Gasteiger partial charge in [0.25, 0.3) is 0 Å². The van der Waals surface area contributed by atoms with Crippen molar-refractivity contribution in [3.8, 4) is 0 Å². The Morgan fingerprint density at radius 2 is 1.24 bits per heavy atom. The van der Waals surface area contributed by atoms with Crippen molar-refractivity contribution >= 4 is 17.5 Å². The number of likely N-dealkylation sites (tertiary alicyclic amines) is 1. The molecular formula is C35H66N2O5. The SMILES string of the molecule is CC(C)CCCCCCCC(=O)CN(CC(=O)CCCCCCC(=O)N1C[C@H](OC(C)C)C[C@H]1COC(C)C)C(C)C. The summed E-state index contributed by atoms with van der Waals surface area (Å²) in [5.74, 6) is 1.41. The summed E-state index contributed by atoms with van der Waals surface area (Å²) in [6, 6.07) is 0.252. The third kappa shape index (κ3) is 18.4. The first kappa shape index (κ1) is 38.7. The van der Waals surface area contributed by atoms with Gasteiger partial charge in [-0.1, -0.05) is 58.8 Å². The van der Waals surface area contributed by atoms with Crippen LogP contribution in [-0.4, -0.2) is 83.9 Å². The van der Waals surface area contributed by atoms with Crippen molar-refractivity contribution in [1.29, 1.82) is 0 Å². The molecule has 0 aromatic heterocycles. The predicted molar refractivity (Wildman–Crippen MR) is 173 cm³/mol. The normalized spacial score (nSPS) is 17.5. The number of carbonyl (C=O) groups excluding carboxylic acids is 3. The van der Waals surface area contributed by atoms with E-state index in [2.05, 4.69) is 27.7 Å². The lowest BCUT2D eigenvalue weighted by Gasteiger charge is -2.25. The average Bonchev–Trinajstić information content (AvgIpc) is 3.30. The Morgan fingerprint density at radius 1 is 0.714 bits per heavy atom. The van der Waals surface area contributed by atoms with E-state index in [1.54, 1.807) is 0 Å². The van der Waals surface area contributed by atoms with Crippen LogP contribution in [0.3, 0.4) is 0 Å². The molecule has 42 heavy (non-hydrogen) atoms. The van der Waals surface area contributed by atoms with Gasteiger partial charge in [-0.2, -0.15) is 0 Å². The zero-order valence-corrected chi connectivity index (χ0v) is 28.6. The summed E-state index contributed by atoms with van der Waals surface area (Å²) in [4.78, 5) is 42.2. The molecule has 1 rings (SSSR count). The highest BCUT2D eigenvalue weighted by Gasteiger charge is 2.36. The molecule has 1 amide bonds. The number of unbranched alkanes of at least 4 members (excludes halogenated alkanes) is 7. The number of nitrogens with zero attached hydrogens (tertiary/aromatic N) is 2. The largest absolute Gasteiger partial charge is 0.377 e. The van der Waals surface area contributed by atoms with Gasteiger partial charge < -0.3 is 14.4 Å². The van der Waals surface area contributed by atoms with E-state index in [0.717, 1.165) is 50.9 Å². The maximum atomic E-state index is 13.0. The van der Waals surface area contributed by atoms with Gasteiger partial charge in [-0.05, 0) is 73.1 Å². The smallest absolute Gasteiger partial charge is 0.222 e. The summed E-state index contributed by atoms with van der Waals surface area (Å²) in [5, 5.41) is 0. The number of ether oxygens (including phenoxy) is 2. The lowest BCUT2D eigenvalue weighted by Crippen LogP contribution is -2.39. The molecule has 1 heterocycles. The first-order chi connectivity index (χ1) is 19.9. The summed E-state index contributed by atoms with van der Waals surface area (Å²) in [6.07, 6.45) is 13.6. The molecule has 0 bridgehead atoms. The fourth-order valence-electron chi connectivity index (χ4n) is 5.66. The van der Waals surface area contributed by atoms with Gasteiger partial charge in [-0.3, -0.25) is 19.3 Å². The number of rotatable bonds is 25. The van der Waals surface area contributed by atoms with E-state index >= 15 is 0 Å². The number of ketones is 2.